The molecule has 1 N–H and O–H groups in total. The second-order valence-corrected chi connectivity index (χ2v) is 4.60. The van der Waals surface area contributed by atoms with E-state index in [0.29, 0.717) is 27.7 Å². The van der Waals surface area contributed by atoms with Gasteiger partial charge in [0.2, 0.25) is 0 Å². The molecule has 0 radical (unpaired) electrons. The topological polar surface area (TPSA) is 81.4 Å². The number of nitrogens with one attached hydrogen (secondary N) is 1. The maximum absolute atomic E-state index is 11.6. The Morgan fingerprint density at radius 1 is 1.25 bits per heavy atom. The second-order valence-electron chi connectivity index (χ2n) is 4.19. The van der Waals surface area contributed by atoms with E-state index in [0.717, 1.165) is 0 Å². The van der Waals surface area contributed by atoms with Gasteiger partial charge in [0.05, 0.1) is 5.02 Å². The summed E-state index contributed by atoms with van der Waals surface area (Å²) in [4.78, 5) is 14.2. The fraction of sp³-hybridized carbons (Fsp3) is 0.143. The summed E-state index contributed by atoms with van der Waals surface area (Å²) >= 11 is 5.99. The number of aromatic amines is 1. The highest BCUT2D eigenvalue weighted by Crippen LogP contribution is 2.28. The lowest BCUT2D eigenvalue weighted by Crippen LogP contribution is -2.13. The van der Waals surface area contributed by atoms with Crippen LogP contribution in [-0.2, 0) is 0 Å². The van der Waals surface area contributed by atoms with Crippen LogP contribution in [0.1, 0.15) is 16.8 Å². The maximum Gasteiger partial charge on any atom is 0.266 e. The minimum atomic E-state index is -0.417. The zero-order valence-corrected chi connectivity index (χ0v) is 11.7. The van der Waals surface area contributed by atoms with Gasteiger partial charge >= 0.3 is 0 Å². The van der Waals surface area contributed by atoms with E-state index in [1.165, 1.54) is 0 Å². The molecule has 0 saturated heterocycles. The Hall–Kier alpha value is -2.45. The monoisotopic (exact) mass is 286 g/mol. The van der Waals surface area contributed by atoms with Gasteiger partial charge in [0.25, 0.3) is 5.56 Å². The molecule has 0 unspecified atom stereocenters. The van der Waals surface area contributed by atoms with Crippen molar-refractivity contribution in [3.05, 3.63) is 56.5 Å². The highest BCUT2D eigenvalue weighted by Gasteiger charge is 2.11. The Kier molecular flexibility index (Phi) is 3.97. The first-order valence-electron chi connectivity index (χ1n) is 5.84. The number of H-pyrrole nitrogens is 1. The summed E-state index contributed by atoms with van der Waals surface area (Å²) in [5.74, 6) is 0. The van der Waals surface area contributed by atoms with Crippen molar-refractivity contribution in [3.8, 4) is 6.07 Å². The van der Waals surface area contributed by atoms with E-state index < -0.39 is 5.56 Å². The summed E-state index contributed by atoms with van der Waals surface area (Å²) in [6, 6.07) is 8.91. The number of azo groups is 1. The molecule has 0 aliphatic carbocycles. The molecule has 0 spiro atoms. The molecule has 0 atom stereocenters. The number of hydrogen-bond acceptors (Lipinski definition) is 4. The first kappa shape index (κ1) is 14.0. The third kappa shape index (κ3) is 2.60. The second kappa shape index (κ2) is 5.68. The predicted molar refractivity (Wildman–Crippen MR) is 76.9 cm³/mol. The first-order valence-corrected chi connectivity index (χ1v) is 6.22. The van der Waals surface area contributed by atoms with Gasteiger partial charge < -0.3 is 4.98 Å². The lowest BCUT2D eigenvalue weighted by Gasteiger charge is -2.04. The van der Waals surface area contributed by atoms with Crippen molar-refractivity contribution in [2.24, 2.45) is 10.2 Å². The van der Waals surface area contributed by atoms with Crippen molar-refractivity contribution >= 4 is 23.0 Å². The predicted octanol–water partition coefficient (Wildman–Crippen LogP) is 3.93. The van der Waals surface area contributed by atoms with E-state index in [1.807, 2.05) is 6.07 Å². The molecule has 0 saturated carbocycles. The van der Waals surface area contributed by atoms with E-state index >= 15 is 0 Å². The molecule has 0 amide bonds. The van der Waals surface area contributed by atoms with Crippen LogP contribution in [0, 0.1) is 25.2 Å². The molecule has 2 aromatic rings. The first-order chi connectivity index (χ1) is 9.54. The van der Waals surface area contributed by atoms with Gasteiger partial charge in [-0.2, -0.15) is 5.26 Å². The van der Waals surface area contributed by atoms with Gasteiger partial charge in [-0.25, -0.2) is 0 Å². The number of aromatic nitrogens is 1. The van der Waals surface area contributed by atoms with Crippen molar-refractivity contribution < 1.29 is 0 Å². The van der Waals surface area contributed by atoms with Crippen molar-refractivity contribution in [2.75, 3.05) is 0 Å². The number of aryl methyl sites for hydroxylation is 1. The van der Waals surface area contributed by atoms with E-state index in [-0.39, 0.29) is 5.56 Å². The highest BCUT2D eigenvalue weighted by atomic mass is 35.5. The van der Waals surface area contributed by atoms with Crippen LogP contribution in [-0.4, -0.2) is 4.98 Å². The Morgan fingerprint density at radius 3 is 2.60 bits per heavy atom. The van der Waals surface area contributed by atoms with Crippen LogP contribution in [0.25, 0.3) is 0 Å². The molecule has 0 aliphatic rings. The summed E-state index contributed by atoms with van der Waals surface area (Å²) in [5.41, 5.74) is 1.69. The Bertz CT molecular complexity index is 787. The van der Waals surface area contributed by atoms with Crippen LogP contribution in [0.15, 0.2) is 39.3 Å². The van der Waals surface area contributed by atoms with Crippen molar-refractivity contribution in [1.29, 1.82) is 5.26 Å². The van der Waals surface area contributed by atoms with E-state index in [4.69, 9.17) is 16.9 Å². The summed E-state index contributed by atoms with van der Waals surface area (Å²) in [5, 5.41) is 17.6. The summed E-state index contributed by atoms with van der Waals surface area (Å²) < 4.78 is 0. The van der Waals surface area contributed by atoms with Crippen LogP contribution in [0.4, 0.5) is 11.4 Å². The fourth-order valence-corrected chi connectivity index (χ4v) is 1.96. The van der Waals surface area contributed by atoms with Gasteiger partial charge in [-0.05, 0) is 26.0 Å². The number of benzene rings is 1. The molecular formula is C14H11ClN4O. The molecule has 0 bridgehead atoms. The van der Waals surface area contributed by atoms with Crippen molar-refractivity contribution in [3.63, 3.8) is 0 Å². The molecule has 6 heteroatoms. The average Bonchev–Trinajstić information content (AvgIpc) is 2.40. The molecule has 1 heterocycles. The third-order valence-corrected chi connectivity index (χ3v) is 3.16. The normalized spacial score (nSPS) is 10.7. The Morgan fingerprint density at radius 2 is 1.95 bits per heavy atom. The van der Waals surface area contributed by atoms with Crippen LogP contribution in [0.2, 0.25) is 5.02 Å². The number of halogens is 1. The quantitative estimate of drug-likeness (QED) is 0.849. The maximum atomic E-state index is 11.6. The molecule has 100 valence electrons. The average molecular weight is 287 g/mol. The fourth-order valence-electron chi connectivity index (χ4n) is 1.78. The number of pyridine rings is 1. The zero-order valence-electron chi connectivity index (χ0n) is 10.9. The van der Waals surface area contributed by atoms with Crippen LogP contribution in [0.5, 0.6) is 0 Å². The van der Waals surface area contributed by atoms with E-state index in [1.54, 1.807) is 38.1 Å². The van der Waals surface area contributed by atoms with E-state index in [9.17, 15) is 4.79 Å². The molecule has 5 nitrogen and oxygen atoms in total. The van der Waals surface area contributed by atoms with Gasteiger partial charge in [-0.1, -0.05) is 23.7 Å². The standard InChI is InChI=1S/C14H11ClN4O/c1-8-10(7-16)14(20)17-9(2)13(8)19-18-12-6-4-3-5-11(12)15/h3-6H,1-2H3,(H,17,20). The largest absolute Gasteiger partial charge is 0.323 e. The number of hydrogen-bond donors (Lipinski definition) is 1. The molecule has 1 aromatic heterocycles. The summed E-state index contributed by atoms with van der Waals surface area (Å²) in [6.07, 6.45) is 0. The summed E-state index contributed by atoms with van der Waals surface area (Å²) in [7, 11) is 0. The van der Waals surface area contributed by atoms with Gasteiger partial charge in [-0.15, -0.1) is 10.2 Å². The van der Waals surface area contributed by atoms with Crippen LogP contribution < -0.4 is 5.56 Å². The molecule has 20 heavy (non-hydrogen) atoms. The van der Waals surface area contributed by atoms with Crippen LogP contribution in [0.3, 0.4) is 0 Å². The third-order valence-electron chi connectivity index (χ3n) is 2.84. The number of nitriles is 1. The molecular weight excluding hydrogens is 276 g/mol. The number of nitrogens with zero attached hydrogens (tertiary/aromatic N) is 3. The zero-order chi connectivity index (χ0) is 14.7. The van der Waals surface area contributed by atoms with Crippen molar-refractivity contribution in [2.45, 2.75) is 13.8 Å². The van der Waals surface area contributed by atoms with Gasteiger partial charge in [-0.3, -0.25) is 4.79 Å². The molecule has 1 aromatic carbocycles. The van der Waals surface area contributed by atoms with Gasteiger partial charge in [0.1, 0.15) is 23.0 Å². The SMILES string of the molecule is Cc1[nH]c(=O)c(C#N)c(C)c1N=Nc1ccccc1Cl. The van der Waals surface area contributed by atoms with Gasteiger partial charge in [0, 0.05) is 11.3 Å². The Balaban J connectivity index is 2.53. The summed E-state index contributed by atoms with van der Waals surface area (Å²) in [6.45, 7) is 3.37. The smallest absolute Gasteiger partial charge is 0.266 e. The molecule has 2 rings (SSSR count). The lowest BCUT2D eigenvalue weighted by molar-refractivity contribution is 1.07. The van der Waals surface area contributed by atoms with E-state index in [2.05, 4.69) is 15.2 Å². The highest BCUT2D eigenvalue weighted by molar-refractivity contribution is 6.32. The minimum absolute atomic E-state index is 0.0451. The molecule has 0 aliphatic heterocycles. The minimum Gasteiger partial charge on any atom is -0.323 e. The van der Waals surface area contributed by atoms with Crippen molar-refractivity contribution in [1.82, 2.24) is 4.98 Å². The number of rotatable bonds is 2. The van der Waals surface area contributed by atoms with Gasteiger partial charge in [0.15, 0.2) is 0 Å². The Labute approximate surface area is 120 Å². The lowest BCUT2D eigenvalue weighted by atomic mass is 10.1. The molecule has 0 fully saturated rings. The van der Waals surface area contributed by atoms with Crippen LogP contribution >= 0.6 is 11.6 Å².